The maximum Gasteiger partial charge on any atom is 0.419 e. The number of nitrogens with two attached hydrogens (primary N) is 1. The van der Waals surface area contributed by atoms with Gasteiger partial charge in [-0.1, -0.05) is 0 Å². The molecule has 0 saturated carbocycles. The minimum Gasteiger partial charge on any atom is -0.461 e. The van der Waals surface area contributed by atoms with Gasteiger partial charge in [-0.15, -0.1) is 0 Å². The highest BCUT2D eigenvalue weighted by molar-refractivity contribution is 5.89. The Morgan fingerprint density at radius 3 is 2.45 bits per heavy atom. The standard InChI is InChI=1S/C11H11F5N2O2/c1-2-20-10(19)8-7(11(14,15)16)6(9(12)13)5(3-17)4-18-8/h4,9H,2-3,17H2,1H3. The quantitative estimate of drug-likeness (QED) is 0.685. The van der Waals surface area contributed by atoms with Crippen LogP contribution in [0.15, 0.2) is 6.20 Å². The van der Waals surface area contributed by atoms with Crippen LogP contribution in [0.25, 0.3) is 0 Å². The van der Waals surface area contributed by atoms with E-state index in [1.807, 2.05) is 0 Å². The predicted molar refractivity (Wildman–Crippen MR) is 58.0 cm³/mol. The van der Waals surface area contributed by atoms with Crippen LogP contribution >= 0.6 is 0 Å². The van der Waals surface area contributed by atoms with Crippen LogP contribution in [0.2, 0.25) is 0 Å². The fourth-order valence-corrected chi connectivity index (χ4v) is 1.62. The minimum atomic E-state index is -5.17. The molecular weight excluding hydrogens is 287 g/mol. The Balaban J connectivity index is 3.62. The number of hydrogen-bond acceptors (Lipinski definition) is 4. The van der Waals surface area contributed by atoms with Crippen molar-refractivity contribution in [3.05, 3.63) is 28.6 Å². The molecule has 2 N–H and O–H groups in total. The second-order valence-corrected chi connectivity index (χ2v) is 3.64. The van der Waals surface area contributed by atoms with Gasteiger partial charge >= 0.3 is 12.1 Å². The lowest BCUT2D eigenvalue weighted by Crippen LogP contribution is -2.22. The zero-order chi connectivity index (χ0) is 15.5. The summed E-state index contributed by atoms with van der Waals surface area (Å²) < 4.78 is 69.1. The van der Waals surface area contributed by atoms with Gasteiger partial charge in [-0.2, -0.15) is 13.2 Å². The predicted octanol–water partition coefficient (Wildman–Crippen LogP) is 2.67. The second kappa shape index (κ2) is 6.12. The number of nitrogens with zero attached hydrogens (tertiary/aromatic N) is 1. The van der Waals surface area contributed by atoms with E-state index in [1.165, 1.54) is 6.92 Å². The van der Waals surface area contributed by atoms with Gasteiger partial charge in [-0.25, -0.2) is 18.6 Å². The molecule has 0 radical (unpaired) electrons. The third kappa shape index (κ3) is 3.21. The normalized spacial score (nSPS) is 11.8. The summed E-state index contributed by atoms with van der Waals surface area (Å²) in [4.78, 5) is 14.7. The molecule has 9 heteroatoms. The lowest BCUT2D eigenvalue weighted by Gasteiger charge is -2.18. The van der Waals surface area contributed by atoms with E-state index in [2.05, 4.69) is 9.72 Å². The first-order valence-electron chi connectivity index (χ1n) is 5.48. The Hall–Kier alpha value is -1.77. The molecule has 0 aliphatic carbocycles. The van der Waals surface area contributed by atoms with Crippen molar-refractivity contribution in [2.75, 3.05) is 6.61 Å². The number of pyridine rings is 1. The number of carbonyl (C=O) groups excluding carboxylic acids is 1. The average molecular weight is 298 g/mol. The second-order valence-electron chi connectivity index (χ2n) is 3.64. The monoisotopic (exact) mass is 298 g/mol. The molecule has 0 aromatic carbocycles. The van der Waals surface area contributed by atoms with Crippen molar-refractivity contribution in [2.24, 2.45) is 5.73 Å². The van der Waals surface area contributed by atoms with Crippen molar-refractivity contribution in [3.63, 3.8) is 0 Å². The summed E-state index contributed by atoms with van der Waals surface area (Å²) in [6, 6.07) is 0. The number of halogens is 5. The molecule has 0 aliphatic rings. The first kappa shape index (κ1) is 16.3. The van der Waals surface area contributed by atoms with Crippen LogP contribution < -0.4 is 5.73 Å². The molecule has 20 heavy (non-hydrogen) atoms. The van der Waals surface area contributed by atoms with E-state index < -0.39 is 47.5 Å². The molecule has 1 aromatic heterocycles. The van der Waals surface area contributed by atoms with E-state index in [0.717, 1.165) is 6.20 Å². The van der Waals surface area contributed by atoms with Crippen molar-refractivity contribution in [1.82, 2.24) is 4.98 Å². The Morgan fingerprint density at radius 2 is 2.05 bits per heavy atom. The van der Waals surface area contributed by atoms with E-state index in [4.69, 9.17) is 5.73 Å². The molecule has 112 valence electrons. The topological polar surface area (TPSA) is 65.2 Å². The van der Waals surface area contributed by atoms with Crippen LogP contribution in [0.1, 0.15) is 40.5 Å². The highest BCUT2D eigenvalue weighted by atomic mass is 19.4. The zero-order valence-electron chi connectivity index (χ0n) is 10.3. The van der Waals surface area contributed by atoms with E-state index in [0.29, 0.717) is 0 Å². The fraction of sp³-hybridized carbons (Fsp3) is 0.455. The highest BCUT2D eigenvalue weighted by Gasteiger charge is 2.42. The maximum absolute atomic E-state index is 13.0. The Morgan fingerprint density at radius 1 is 1.45 bits per heavy atom. The first-order chi connectivity index (χ1) is 9.23. The average Bonchev–Trinajstić information content (AvgIpc) is 2.35. The van der Waals surface area contributed by atoms with Crippen LogP contribution in [0.3, 0.4) is 0 Å². The molecule has 1 heterocycles. The van der Waals surface area contributed by atoms with E-state index in [1.54, 1.807) is 0 Å². The van der Waals surface area contributed by atoms with E-state index in [9.17, 15) is 26.7 Å². The van der Waals surface area contributed by atoms with Crippen LogP contribution in [0.5, 0.6) is 0 Å². The molecule has 0 spiro atoms. The number of alkyl halides is 5. The number of aromatic nitrogens is 1. The third-order valence-electron chi connectivity index (χ3n) is 2.39. The summed E-state index contributed by atoms with van der Waals surface area (Å²) in [5.74, 6) is -1.41. The summed E-state index contributed by atoms with van der Waals surface area (Å²) in [6.45, 7) is 0.604. The smallest absolute Gasteiger partial charge is 0.419 e. The molecule has 0 fully saturated rings. The van der Waals surface area contributed by atoms with E-state index >= 15 is 0 Å². The molecule has 0 atom stereocenters. The van der Waals surface area contributed by atoms with Crippen LogP contribution in [-0.4, -0.2) is 17.6 Å². The lowest BCUT2D eigenvalue weighted by molar-refractivity contribution is -0.140. The van der Waals surface area contributed by atoms with Crippen LogP contribution in [0, 0.1) is 0 Å². The SMILES string of the molecule is CCOC(=O)c1ncc(CN)c(C(F)F)c1C(F)(F)F. The Bertz CT molecular complexity index is 502. The summed E-state index contributed by atoms with van der Waals surface area (Å²) in [6.07, 6.45) is -7.89. The molecular formula is C11H11F5N2O2. The van der Waals surface area contributed by atoms with Crippen molar-refractivity contribution in [1.29, 1.82) is 0 Å². The van der Waals surface area contributed by atoms with Crippen LogP contribution in [-0.2, 0) is 17.5 Å². The highest BCUT2D eigenvalue weighted by Crippen LogP contribution is 2.39. The minimum absolute atomic E-state index is 0.208. The molecule has 0 aliphatic heterocycles. The molecule has 1 rings (SSSR count). The van der Waals surface area contributed by atoms with Crippen molar-refractivity contribution >= 4 is 5.97 Å². The lowest BCUT2D eigenvalue weighted by atomic mass is 10.0. The van der Waals surface area contributed by atoms with Gasteiger partial charge in [0, 0.05) is 18.3 Å². The van der Waals surface area contributed by atoms with Gasteiger partial charge in [0.25, 0.3) is 6.43 Å². The van der Waals surface area contributed by atoms with Gasteiger partial charge in [0.1, 0.15) is 0 Å². The van der Waals surface area contributed by atoms with Gasteiger partial charge in [0.2, 0.25) is 0 Å². The summed E-state index contributed by atoms with van der Waals surface area (Å²) in [7, 11) is 0. The molecule has 4 nitrogen and oxygen atoms in total. The largest absolute Gasteiger partial charge is 0.461 e. The molecule has 0 saturated heterocycles. The summed E-state index contributed by atoms with van der Waals surface area (Å²) >= 11 is 0. The number of rotatable bonds is 4. The third-order valence-corrected chi connectivity index (χ3v) is 2.39. The Kier molecular flexibility index (Phi) is 4.98. The fourth-order valence-electron chi connectivity index (χ4n) is 1.62. The van der Waals surface area contributed by atoms with Crippen LogP contribution in [0.4, 0.5) is 22.0 Å². The number of ether oxygens (including phenoxy) is 1. The van der Waals surface area contributed by atoms with Gasteiger partial charge in [0.15, 0.2) is 5.69 Å². The van der Waals surface area contributed by atoms with Crippen molar-refractivity contribution in [3.8, 4) is 0 Å². The number of esters is 1. The summed E-state index contributed by atoms with van der Waals surface area (Å²) in [5, 5.41) is 0. The maximum atomic E-state index is 13.0. The van der Waals surface area contributed by atoms with Gasteiger partial charge < -0.3 is 10.5 Å². The number of carbonyl (C=O) groups is 1. The van der Waals surface area contributed by atoms with E-state index in [-0.39, 0.29) is 6.61 Å². The van der Waals surface area contributed by atoms with Crippen molar-refractivity contribution < 1.29 is 31.5 Å². The Labute approximate surface area is 110 Å². The van der Waals surface area contributed by atoms with Gasteiger partial charge in [0.05, 0.1) is 12.2 Å². The first-order valence-corrected chi connectivity index (χ1v) is 5.48. The summed E-state index contributed by atoms with van der Waals surface area (Å²) in [5.41, 5.74) is 0.336. The van der Waals surface area contributed by atoms with Gasteiger partial charge in [-0.05, 0) is 12.5 Å². The molecule has 0 amide bonds. The zero-order valence-corrected chi connectivity index (χ0v) is 10.3. The molecule has 0 bridgehead atoms. The molecule has 0 unspecified atom stereocenters. The van der Waals surface area contributed by atoms with Gasteiger partial charge in [-0.3, -0.25) is 0 Å². The van der Waals surface area contributed by atoms with Crippen molar-refractivity contribution in [2.45, 2.75) is 26.1 Å². The number of hydrogen-bond donors (Lipinski definition) is 1. The molecule has 1 aromatic rings.